The molecule has 1 aromatic heterocycles. The summed E-state index contributed by atoms with van der Waals surface area (Å²) in [6.07, 6.45) is 1.61. The first-order valence-electron chi connectivity index (χ1n) is 6.32. The van der Waals surface area contributed by atoms with Gasteiger partial charge in [0.1, 0.15) is 17.5 Å². The zero-order valence-corrected chi connectivity index (χ0v) is 11.3. The highest BCUT2D eigenvalue weighted by Gasteiger charge is 2.16. The standard InChI is InChI=1S/C14H17F2N3/c1-4-19(5-2)14-13-10(12(17-3)8-18-14)6-9(15)7-11(13)16/h6-8,17H,4-5H2,1-3H3. The van der Waals surface area contributed by atoms with Crippen LogP contribution >= 0.6 is 0 Å². The molecular weight excluding hydrogens is 248 g/mol. The second-order valence-electron chi connectivity index (χ2n) is 4.23. The number of hydrogen-bond donors (Lipinski definition) is 1. The smallest absolute Gasteiger partial charge is 0.139 e. The molecule has 0 aliphatic heterocycles. The molecule has 0 saturated heterocycles. The van der Waals surface area contributed by atoms with E-state index in [4.69, 9.17) is 0 Å². The van der Waals surface area contributed by atoms with E-state index >= 15 is 0 Å². The van der Waals surface area contributed by atoms with E-state index in [0.717, 1.165) is 6.07 Å². The van der Waals surface area contributed by atoms with Crippen LogP contribution in [-0.4, -0.2) is 25.1 Å². The van der Waals surface area contributed by atoms with Gasteiger partial charge >= 0.3 is 0 Å². The van der Waals surface area contributed by atoms with Gasteiger partial charge < -0.3 is 10.2 Å². The number of nitrogens with zero attached hydrogens (tertiary/aromatic N) is 2. The Bertz CT molecular complexity index is 595. The van der Waals surface area contributed by atoms with Crippen LogP contribution in [0.2, 0.25) is 0 Å². The Hall–Kier alpha value is -1.91. The summed E-state index contributed by atoms with van der Waals surface area (Å²) in [4.78, 5) is 6.26. The molecule has 0 unspecified atom stereocenters. The van der Waals surface area contributed by atoms with Gasteiger partial charge in [-0.25, -0.2) is 13.8 Å². The van der Waals surface area contributed by atoms with E-state index in [1.807, 2.05) is 18.7 Å². The normalized spacial score (nSPS) is 10.8. The second-order valence-corrected chi connectivity index (χ2v) is 4.23. The van der Waals surface area contributed by atoms with Crippen molar-refractivity contribution in [3.05, 3.63) is 30.0 Å². The highest BCUT2D eigenvalue weighted by Crippen LogP contribution is 2.32. The van der Waals surface area contributed by atoms with Crippen LogP contribution in [0.15, 0.2) is 18.3 Å². The van der Waals surface area contributed by atoms with Crippen molar-refractivity contribution in [2.45, 2.75) is 13.8 Å². The molecule has 0 spiro atoms. The summed E-state index contributed by atoms with van der Waals surface area (Å²) >= 11 is 0. The van der Waals surface area contributed by atoms with Gasteiger partial charge in [-0.2, -0.15) is 0 Å². The zero-order valence-electron chi connectivity index (χ0n) is 11.3. The first-order chi connectivity index (χ1) is 9.12. The zero-order chi connectivity index (χ0) is 14.0. The van der Waals surface area contributed by atoms with Crippen LogP contribution in [0.3, 0.4) is 0 Å². The molecule has 0 fully saturated rings. The Morgan fingerprint density at radius 2 is 1.89 bits per heavy atom. The molecule has 0 atom stereocenters. The lowest BCUT2D eigenvalue weighted by molar-refractivity contribution is 0.591. The lowest BCUT2D eigenvalue weighted by Gasteiger charge is -2.22. The monoisotopic (exact) mass is 265 g/mol. The molecule has 19 heavy (non-hydrogen) atoms. The van der Waals surface area contributed by atoms with E-state index in [-0.39, 0.29) is 0 Å². The Morgan fingerprint density at radius 1 is 1.21 bits per heavy atom. The van der Waals surface area contributed by atoms with Crippen LogP contribution in [0, 0.1) is 11.6 Å². The highest BCUT2D eigenvalue weighted by atomic mass is 19.1. The number of fused-ring (bicyclic) bond motifs is 1. The highest BCUT2D eigenvalue weighted by molar-refractivity contribution is 6.00. The molecular formula is C14H17F2N3. The average molecular weight is 265 g/mol. The lowest BCUT2D eigenvalue weighted by Crippen LogP contribution is -2.23. The van der Waals surface area contributed by atoms with Crippen LogP contribution < -0.4 is 10.2 Å². The van der Waals surface area contributed by atoms with E-state index in [1.165, 1.54) is 6.07 Å². The predicted octanol–water partition coefficient (Wildman–Crippen LogP) is 3.40. The Balaban J connectivity index is 2.80. The van der Waals surface area contributed by atoms with Crippen molar-refractivity contribution in [3.63, 3.8) is 0 Å². The van der Waals surface area contributed by atoms with Gasteiger partial charge in [0, 0.05) is 31.6 Å². The third-order valence-corrected chi connectivity index (χ3v) is 3.22. The predicted molar refractivity (Wildman–Crippen MR) is 74.8 cm³/mol. The summed E-state index contributed by atoms with van der Waals surface area (Å²) in [5, 5.41) is 3.78. The first-order valence-corrected chi connectivity index (χ1v) is 6.32. The van der Waals surface area contributed by atoms with Gasteiger partial charge in [-0.3, -0.25) is 0 Å². The quantitative estimate of drug-likeness (QED) is 0.918. The van der Waals surface area contributed by atoms with Crippen LogP contribution in [-0.2, 0) is 0 Å². The maximum absolute atomic E-state index is 14.1. The van der Waals surface area contributed by atoms with E-state index in [1.54, 1.807) is 13.2 Å². The van der Waals surface area contributed by atoms with Crippen molar-refractivity contribution in [3.8, 4) is 0 Å². The molecule has 1 aromatic carbocycles. The van der Waals surface area contributed by atoms with Crippen LogP contribution in [0.1, 0.15) is 13.8 Å². The molecule has 0 aliphatic rings. The first kappa shape index (κ1) is 13.5. The third-order valence-electron chi connectivity index (χ3n) is 3.22. The van der Waals surface area contributed by atoms with Crippen molar-refractivity contribution in [1.82, 2.24) is 4.98 Å². The SMILES string of the molecule is CCN(CC)c1ncc(NC)c2cc(F)cc(F)c12. The topological polar surface area (TPSA) is 28.2 Å². The summed E-state index contributed by atoms with van der Waals surface area (Å²) < 4.78 is 27.5. The summed E-state index contributed by atoms with van der Waals surface area (Å²) in [6, 6.07) is 2.23. The fraction of sp³-hybridized carbons (Fsp3) is 0.357. The number of rotatable bonds is 4. The minimum Gasteiger partial charge on any atom is -0.386 e. The molecule has 102 valence electrons. The van der Waals surface area contributed by atoms with Gasteiger partial charge in [0.25, 0.3) is 0 Å². The molecule has 0 amide bonds. The number of anilines is 2. The summed E-state index contributed by atoms with van der Waals surface area (Å²) in [6.45, 7) is 5.39. The maximum Gasteiger partial charge on any atom is 0.139 e. The minimum atomic E-state index is -0.585. The summed E-state index contributed by atoms with van der Waals surface area (Å²) in [5.41, 5.74) is 0.615. The minimum absolute atomic E-state index is 0.358. The largest absolute Gasteiger partial charge is 0.386 e. The Kier molecular flexibility index (Phi) is 3.83. The van der Waals surface area contributed by atoms with Crippen molar-refractivity contribution in [2.75, 3.05) is 30.4 Å². The van der Waals surface area contributed by atoms with Crippen LogP contribution in [0.4, 0.5) is 20.3 Å². The van der Waals surface area contributed by atoms with Crippen molar-refractivity contribution in [2.24, 2.45) is 0 Å². The van der Waals surface area contributed by atoms with Gasteiger partial charge in [0.05, 0.1) is 17.3 Å². The average Bonchev–Trinajstić information content (AvgIpc) is 2.39. The fourth-order valence-corrected chi connectivity index (χ4v) is 2.24. The molecule has 0 bridgehead atoms. The Labute approximate surface area is 111 Å². The molecule has 1 heterocycles. The number of halogens is 2. The van der Waals surface area contributed by atoms with E-state index in [2.05, 4.69) is 10.3 Å². The molecule has 2 aromatic rings. The van der Waals surface area contributed by atoms with E-state index in [9.17, 15) is 8.78 Å². The van der Waals surface area contributed by atoms with Gasteiger partial charge in [0.2, 0.25) is 0 Å². The number of nitrogens with one attached hydrogen (secondary N) is 1. The molecule has 0 radical (unpaired) electrons. The molecule has 2 rings (SSSR count). The van der Waals surface area contributed by atoms with Crippen molar-refractivity contribution < 1.29 is 8.78 Å². The van der Waals surface area contributed by atoms with Gasteiger partial charge in [0.15, 0.2) is 0 Å². The summed E-state index contributed by atoms with van der Waals surface area (Å²) in [5.74, 6) is -0.615. The fourth-order valence-electron chi connectivity index (χ4n) is 2.24. The molecule has 3 nitrogen and oxygen atoms in total. The molecule has 1 N–H and O–H groups in total. The van der Waals surface area contributed by atoms with E-state index in [0.29, 0.717) is 35.4 Å². The maximum atomic E-state index is 14.1. The van der Waals surface area contributed by atoms with Crippen molar-refractivity contribution >= 4 is 22.3 Å². The van der Waals surface area contributed by atoms with Crippen LogP contribution in [0.25, 0.3) is 10.8 Å². The van der Waals surface area contributed by atoms with Gasteiger partial charge in [-0.15, -0.1) is 0 Å². The molecule has 5 heteroatoms. The number of benzene rings is 1. The van der Waals surface area contributed by atoms with Crippen LogP contribution in [0.5, 0.6) is 0 Å². The third kappa shape index (κ3) is 2.32. The number of aromatic nitrogens is 1. The van der Waals surface area contributed by atoms with Gasteiger partial charge in [-0.1, -0.05) is 0 Å². The second kappa shape index (κ2) is 5.38. The Morgan fingerprint density at radius 3 is 2.47 bits per heavy atom. The van der Waals surface area contributed by atoms with Crippen molar-refractivity contribution in [1.29, 1.82) is 0 Å². The van der Waals surface area contributed by atoms with Gasteiger partial charge in [-0.05, 0) is 19.9 Å². The number of hydrogen-bond acceptors (Lipinski definition) is 3. The molecule has 0 saturated carbocycles. The lowest BCUT2D eigenvalue weighted by atomic mass is 10.1. The number of pyridine rings is 1. The molecule has 0 aliphatic carbocycles. The summed E-state index contributed by atoms with van der Waals surface area (Å²) in [7, 11) is 1.70. The van der Waals surface area contributed by atoms with E-state index < -0.39 is 11.6 Å².